The second kappa shape index (κ2) is 14.4. The molecule has 0 aliphatic heterocycles. The van der Waals surface area contributed by atoms with Crippen molar-refractivity contribution in [1.82, 2.24) is 9.97 Å². The van der Waals surface area contributed by atoms with Gasteiger partial charge in [-0.15, -0.1) is 0 Å². The number of hydrogen-bond donors (Lipinski definition) is 2. The lowest BCUT2D eigenvalue weighted by molar-refractivity contribution is -0.139. The van der Waals surface area contributed by atoms with Crippen LogP contribution in [-0.2, 0) is 15.7 Å². The van der Waals surface area contributed by atoms with Crippen LogP contribution in [0.4, 0.5) is 28.7 Å². The second-order valence-electron chi connectivity index (χ2n) is 9.90. The summed E-state index contributed by atoms with van der Waals surface area (Å²) in [5, 5.41) is 2.33. The van der Waals surface area contributed by atoms with Crippen molar-refractivity contribution < 1.29 is 37.0 Å². The number of alkyl halides is 3. The lowest BCUT2D eigenvalue weighted by Crippen LogP contribution is -2.27. The molecular formula is C26H37F3N4O5. The first-order valence-corrected chi connectivity index (χ1v) is 12.1. The number of carbonyl (C=O) groups excluding carboxylic acids is 2. The van der Waals surface area contributed by atoms with Crippen LogP contribution in [0.1, 0.15) is 60.5 Å². The highest BCUT2D eigenvalue weighted by atomic mass is 19.4. The van der Waals surface area contributed by atoms with Crippen LogP contribution in [-0.4, -0.2) is 41.0 Å². The summed E-state index contributed by atoms with van der Waals surface area (Å²) in [7, 11) is 0. The summed E-state index contributed by atoms with van der Waals surface area (Å²) in [4.78, 5) is 29.5. The van der Waals surface area contributed by atoms with Crippen molar-refractivity contribution in [3.05, 3.63) is 36.0 Å². The molecule has 12 heteroatoms. The molecule has 0 aliphatic carbocycles. The standard InChI is InChI=1S/C21H26F3N3O3.C5H11NO2/c1-5-29-20(28)27-19-25-9-8-17(26-19)15-6-7-18(16(11-15)21(22,23)24)30-12-14(4)10-13(2)3;1-5(2,3)8-4(6)7/h6-9,11,13-14H,5,10,12H2,1-4H3,(H,25,26,27,28);1-3H3,(H2,6,7). The highest BCUT2D eigenvalue weighted by Crippen LogP contribution is 2.39. The summed E-state index contributed by atoms with van der Waals surface area (Å²) >= 11 is 0. The van der Waals surface area contributed by atoms with E-state index >= 15 is 0 Å². The van der Waals surface area contributed by atoms with Crippen molar-refractivity contribution in [3.63, 3.8) is 0 Å². The number of aromatic nitrogens is 2. The highest BCUT2D eigenvalue weighted by Gasteiger charge is 2.35. The number of anilines is 1. The molecule has 0 bridgehead atoms. The number of nitrogens with zero attached hydrogens (tertiary/aromatic N) is 2. The minimum absolute atomic E-state index is 0.0673. The molecule has 1 atom stereocenters. The van der Waals surface area contributed by atoms with E-state index in [0.29, 0.717) is 5.92 Å². The zero-order chi connectivity index (χ0) is 29.1. The second-order valence-corrected chi connectivity index (χ2v) is 9.90. The van der Waals surface area contributed by atoms with E-state index in [4.69, 9.17) is 15.2 Å². The average Bonchev–Trinajstić information content (AvgIpc) is 2.75. The summed E-state index contributed by atoms with van der Waals surface area (Å²) in [6, 6.07) is 5.23. The average molecular weight is 543 g/mol. The molecule has 0 fully saturated rings. The van der Waals surface area contributed by atoms with Crippen molar-refractivity contribution >= 4 is 18.1 Å². The molecule has 212 valence electrons. The summed E-state index contributed by atoms with van der Waals surface area (Å²) < 4.78 is 55.7. The van der Waals surface area contributed by atoms with Gasteiger partial charge in [0.05, 0.1) is 24.5 Å². The number of amides is 2. The lowest BCUT2D eigenvalue weighted by atomic mass is 10.00. The van der Waals surface area contributed by atoms with Gasteiger partial charge in [0.15, 0.2) is 0 Å². The predicted molar refractivity (Wildman–Crippen MR) is 138 cm³/mol. The third kappa shape index (κ3) is 12.6. The predicted octanol–water partition coefficient (Wildman–Crippen LogP) is 6.67. The number of hydrogen-bond acceptors (Lipinski definition) is 7. The molecule has 0 radical (unpaired) electrons. The molecule has 9 nitrogen and oxygen atoms in total. The monoisotopic (exact) mass is 542 g/mol. The van der Waals surface area contributed by atoms with Crippen LogP contribution in [0.15, 0.2) is 30.5 Å². The van der Waals surface area contributed by atoms with Gasteiger partial charge in [-0.05, 0) is 70.2 Å². The molecule has 0 spiro atoms. The fourth-order valence-electron chi connectivity index (χ4n) is 3.28. The van der Waals surface area contributed by atoms with Crippen LogP contribution in [0.5, 0.6) is 5.75 Å². The van der Waals surface area contributed by atoms with E-state index in [1.54, 1.807) is 27.7 Å². The van der Waals surface area contributed by atoms with Crippen molar-refractivity contribution in [2.24, 2.45) is 17.6 Å². The minimum Gasteiger partial charge on any atom is -0.493 e. The molecule has 2 amide bonds. The van der Waals surface area contributed by atoms with E-state index in [-0.39, 0.29) is 42.1 Å². The number of halogens is 3. The molecule has 38 heavy (non-hydrogen) atoms. The van der Waals surface area contributed by atoms with Crippen molar-refractivity contribution in [2.45, 2.75) is 66.7 Å². The molecule has 1 unspecified atom stereocenters. The number of ether oxygens (including phenoxy) is 3. The number of carbonyl (C=O) groups is 2. The summed E-state index contributed by atoms with van der Waals surface area (Å²) in [5.74, 6) is 0.274. The van der Waals surface area contributed by atoms with Gasteiger partial charge in [-0.2, -0.15) is 13.2 Å². The first-order valence-electron chi connectivity index (χ1n) is 12.1. The van der Waals surface area contributed by atoms with Crippen molar-refractivity contribution in [3.8, 4) is 17.0 Å². The zero-order valence-corrected chi connectivity index (χ0v) is 22.8. The Hall–Kier alpha value is -3.57. The molecular weight excluding hydrogens is 505 g/mol. The summed E-state index contributed by atoms with van der Waals surface area (Å²) in [5.41, 5.74) is 3.83. The maximum atomic E-state index is 13.6. The van der Waals surface area contributed by atoms with Crippen molar-refractivity contribution in [2.75, 3.05) is 18.5 Å². The minimum atomic E-state index is -4.59. The molecule has 2 rings (SSSR count). The first-order chi connectivity index (χ1) is 17.5. The van der Waals surface area contributed by atoms with E-state index in [2.05, 4.69) is 33.9 Å². The van der Waals surface area contributed by atoms with Crippen LogP contribution in [0.25, 0.3) is 11.3 Å². The van der Waals surface area contributed by atoms with E-state index < -0.39 is 29.5 Å². The fourth-order valence-corrected chi connectivity index (χ4v) is 3.28. The SMILES string of the molecule is CC(C)(C)OC(N)=O.CCOC(=O)Nc1nccc(-c2ccc(OCC(C)CC(C)C)c(C(F)(F)F)c2)n1. The van der Waals surface area contributed by atoms with Gasteiger partial charge in [0.2, 0.25) is 5.95 Å². The quantitative estimate of drug-likeness (QED) is 0.381. The van der Waals surface area contributed by atoms with Crippen LogP contribution in [0.2, 0.25) is 0 Å². The molecule has 0 aliphatic rings. The van der Waals surface area contributed by atoms with E-state index in [9.17, 15) is 22.8 Å². The smallest absolute Gasteiger partial charge is 0.419 e. The molecule has 2 aromatic rings. The Balaban J connectivity index is 0.000000781. The maximum Gasteiger partial charge on any atom is 0.419 e. The van der Waals surface area contributed by atoms with E-state index in [0.717, 1.165) is 12.5 Å². The van der Waals surface area contributed by atoms with Crippen molar-refractivity contribution in [1.29, 1.82) is 0 Å². The van der Waals surface area contributed by atoms with Gasteiger partial charge >= 0.3 is 18.4 Å². The van der Waals surface area contributed by atoms with Crippen LogP contribution >= 0.6 is 0 Å². The lowest BCUT2D eigenvalue weighted by Gasteiger charge is -2.19. The van der Waals surface area contributed by atoms with Gasteiger partial charge in [-0.1, -0.05) is 20.8 Å². The fraction of sp³-hybridized carbons (Fsp3) is 0.538. The Kier molecular flexibility index (Phi) is 12.3. The summed E-state index contributed by atoms with van der Waals surface area (Å²) in [6.07, 6.45) is -3.86. The van der Waals surface area contributed by atoms with Crippen LogP contribution < -0.4 is 15.8 Å². The zero-order valence-electron chi connectivity index (χ0n) is 22.8. The van der Waals surface area contributed by atoms with Gasteiger partial charge < -0.3 is 19.9 Å². The van der Waals surface area contributed by atoms with Gasteiger partial charge in [-0.25, -0.2) is 19.6 Å². The van der Waals surface area contributed by atoms with E-state index in [1.165, 1.54) is 24.4 Å². The van der Waals surface area contributed by atoms with Gasteiger partial charge in [0.25, 0.3) is 0 Å². The maximum absolute atomic E-state index is 13.6. The third-order valence-electron chi connectivity index (χ3n) is 4.53. The van der Waals surface area contributed by atoms with Gasteiger partial charge in [0, 0.05) is 11.8 Å². The Morgan fingerprint density at radius 2 is 1.76 bits per heavy atom. The Labute approximate surface area is 221 Å². The largest absolute Gasteiger partial charge is 0.493 e. The van der Waals surface area contributed by atoms with Gasteiger partial charge in [-0.3, -0.25) is 5.32 Å². The Morgan fingerprint density at radius 1 is 1.11 bits per heavy atom. The van der Waals surface area contributed by atoms with Crippen LogP contribution in [0.3, 0.4) is 0 Å². The molecule has 0 saturated heterocycles. The van der Waals surface area contributed by atoms with Gasteiger partial charge in [0.1, 0.15) is 11.4 Å². The topological polar surface area (TPSA) is 126 Å². The number of benzene rings is 1. The molecule has 1 aromatic carbocycles. The number of nitrogens with two attached hydrogens (primary N) is 1. The molecule has 1 heterocycles. The Morgan fingerprint density at radius 3 is 2.26 bits per heavy atom. The number of nitrogens with one attached hydrogen (secondary N) is 1. The molecule has 1 aromatic heterocycles. The van der Waals surface area contributed by atoms with E-state index in [1.807, 2.05) is 6.92 Å². The molecule has 3 N–H and O–H groups in total. The van der Waals surface area contributed by atoms with Crippen LogP contribution in [0, 0.1) is 11.8 Å². The molecule has 0 saturated carbocycles. The Bertz CT molecular complexity index is 1060. The number of primary amides is 1. The normalized spacial score (nSPS) is 12.2. The third-order valence-corrected chi connectivity index (χ3v) is 4.53. The first kappa shape index (κ1) is 32.5. The highest BCUT2D eigenvalue weighted by molar-refractivity contribution is 5.82. The summed E-state index contributed by atoms with van der Waals surface area (Å²) in [6.45, 7) is 13.3. The number of rotatable bonds is 8.